The van der Waals surface area contributed by atoms with Crippen molar-refractivity contribution in [1.29, 1.82) is 0 Å². The minimum absolute atomic E-state index is 0.605. The van der Waals surface area contributed by atoms with E-state index in [1.54, 1.807) is 0 Å². The fraction of sp³-hybridized carbons (Fsp3) is 0.250. The summed E-state index contributed by atoms with van der Waals surface area (Å²) in [5, 5.41) is 4.71. The summed E-state index contributed by atoms with van der Waals surface area (Å²) in [6, 6.07) is 21.4. The number of benzene rings is 2. The minimum atomic E-state index is 0.605. The molecule has 22 heavy (non-hydrogen) atoms. The summed E-state index contributed by atoms with van der Waals surface area (Å²) in [6.07, 6.45) is 2.39. The Balaban J connectivity index is 1.91. The molecular weight excluding hydrogens is 268 g/mol. The van der Waals surface area contributed by atoms with E-state index in [1.807, 2.05) is 0 Å². The number of fused-ring (bicyclic) bond motifs is 1. The van der Waals surface area contributed by atoms with Crippen LogP contribution >= 0.6 is 0 Å². The zero-order valence-electron chi connectivity index (χ0n) is 12.6. The van der Waals surface area contributed by atoms with Crippen LogP contribution in [0.25, 0.3) is 22.2 Å². The highest BCUT2D eigenvalue weighted by Crippen LogP contribution is 2.34. The third-order valence-corrected chi connectivity index (χ3v) is 4.58. The lowest BCUT2D eigenvalue weighted by Crippen LogP contribution is -2.27. The Labute approximate surface area is 131 Å². The number of hydrogen-bond acceptors (Lipinski definition) is 2. The molecule has 0 aliphatic carbocycles. The quantitative estimate of drug-likeness (QED) is 0.757. The van der Waals surface area contributed by atoms with Crippen LogP contribution in [-0.2, 0) is 0 Å². The van der Waals surface area contributed by atoms with Crippen LogP contribution in [0.4, 0.5) is 0 Å². The molecule has 0 spiro atoms. The second-order valence-electron chi connectivity index (χ2n) is 6.01. The van der Waals surface area contributed by atoms with Gasteiger partial charge in [0.25, 0.3) is 0 Å². The highest BCUT2D eigenvalue weighted by molar-refractivity contribution is 5.83. The summed E-state index contributed by atoms with van der Waals surface area (Å²) in [4.78, 5) is 5.00. The molecular formula is C20H20N2. The lowest BCUT2D eigenvalue weighted by Gasteiger charge is -2.25. The number of nitrogens with zero attached hydrogens (tertiary/aromatic N) is 1. The monoisotopic (exact) mass is 288 g/mol. The summed E-state index contributed by atoms with van der Waals surface area (Å²) >= 11 is 0. The molecule has 0 saturated carbocycles. The number of piperidine rings is 1. The smallest absolute Gasteiger partial charge is 0.0744 e. The third kappa shape index (κ3) is 2.51. The Morgan fingerprint density at radius 2 is 1.59 bits per heavy atom. The summed E-state index contributed by atoms with van der Waals surface area (Å²) in [5.74, 6) is 0.605. The van der Waals surface area contributed by atoms with Crippen LogP contribution in [-0.4, -0.2) is 18.1 Å². The SMILES string of the molecule is c1ccc(-c2nc3ccccc3cc2C2CCNCC2)cc1. The maximum absolute atomic E-state index is 5.00. The average molecular weight is 288 g/mol. The van der Waals surface area contributed by atoms with E-state index in [1.165, 1.54) is 29.4 Å². The van der Waals surface area contributed by atoms with Crippen molar-refractivity contribution in [3.63, 3.8) is 0 Å². The van der Waals surface area contributed by atoms with Crippen molar-refractivity contribution < 1.29 is 0 Å². The minimum Gasteiger partial charge on any atom is -0.317 e. The molecule has 0 amide bonds. The number of hydrogen-bond donors (Lipinski definition) is 1. The van der Waals surface area contributed by atoms with Crippen molar-refractivity contribution >= 4 is 10.9 Å². The summed E-state index contributed by atoms with van der Waals surface area (Å²) in [6.45, 7) is 2.21. The van der Waals surface area contributed by atoms with Crippen molar-refractivity contribution in [2.75, 3.05) is 13.1 Å². The van der Waals surface area contributed by atoms with E-state index in [0.717, 1.165) is 24.3 Å². The number of rotatable bonds is 2. The van der Waals surface area contributed by atoms with Crippen molar-refractivity contribution in [2.45, 2.75) is 18.8 Å². The Kier molecular flexibility index (Phi) is 3.61. The van der Waals surface area contributed by atoms with Gasteiger partial charge in [-0.05, 0) is 49.5 Å². The highest BCUT2D eigenvalue weighted by atomic mass is 14.9. The van der Waals surface area contributed by atoms with Gasteiger partial charge in [0.15, 0.2) is 0 Å². The third-order valence-electron chi connectivity index (χ3n) is 4.58. The summed E-state index contributed by atoms with van der Waals surface area (Å²) < 4.78 is 0. The van der Waals surface area contributed by atoms with Crippen LogP contribution in [0.2, 0.25) is 0 Å². The van der Waals surface area contributed by atoms with Crippen molar-refractivity contribution in [2.24, 2.45) is 0 Å². The lowest BCUT2D eigenvalue weighted by molar-refractivity contribution is 0.461. The topological polar surface area (TPSA) is 24.9 Å². The van der Waals surface area contributed by atoms with Crippen molar-refractivity contribution in [3.05, 3.63) is 66.2 Å². The predicted octanol–water partition coefficient (Wildman–Crippen LogP) is 4.37. The number of nitrogens with one attached hydrogen (secondary N) is 1. The molecule has 2 aromatic carbocycles. The molecule has 2 heterocycles. The first-order valence-electron chi connectivity index (χ1n) is 8.07. The number of pyridine rings is 1. The Morgan fingerprint density at radius 3 is 2.41 bits per heavy atom. The zero-order valence-corrected chi connectivity index (χ0v) is 12.6. The van der Waals surface area contributed by atoms with Gasteiger partial charge in [0.2, 0.25) is 0 Å². The first kappa shape index (κ1) is 13.5. The molecule has 1 aliphatic rings. The van der Waals surface area contributed by atoms with Crippen molar-refractivity contribution in [3.8, 4) is 11.3 Å². The van der Waals surface area contributed by atoms with Gasteiger partial charge in [-0.3, -0.25) is 0 Å². The lowest BCUT2D eigenvalue weighted by atomic mass is 9.86. The molecule has 1 N–H and O–H groups in total. The van der Waals surface area contributed by atoms with Crippen LogP contribution in [0.3, 0.4) is 0 Å². The van der Waals surface area contributed by atoms with E-state index >= 15 is 0 Å². The molecule has 2 nitrogen and oxygen atoms in total. The molecule has 110 valence electrons. The normalized spacial score (nSPS) is 16.0. The predicted molar refractivity (Wildman–Crippen MR) is 92.0 cm³/mol. The van der Waals surface area contributed by atoms with E-state index in [-0.39, 0.29) is 0 Å². The van der Waals surface area contributed by atoms with Crippen LogP contribution < -0.4 is 5.32 Å². The number of para-hydroxylation sites is 1. The summed E-state index contributed by atoms with van der Waals surface area (Å²) in [5.41, 5.74) is 4.87. The van der Waals surface area contributed by atoms with E-state index in [2.05, 4.69) is 66.0 Å². The molecule has 1 aliphatic heterocycles. The fourth-order valence-electron chi connectivity index (χ4n) is 3.40. The molecule has 1 fully saturated rings. The maximum atomic E-state index is 5.00. The fourth-order valence-corrected chi connectivity index (χ4v) is 3.40. The molecule has 1 saturated heterocycles. The van der Waals surface area contributed by atoms with Gasteiger partial charge < -0.3 is 5.32 Å². The van der Waals surface area contributed by atoms with Crippen molar-refractivity contribution in [1.82, 2.24) is 10.3 Å². The van der Waals surface area contributed by atoms with Gasteiger partial charge in [0.05, 0.1) is 11.2 Å². The van der Waals surface area contributed by atoms with Gasteiger partial charge in [-0.25, -0.2) is 4.98 Å². The second kappa shape index (κ2) is 5.90. The van der Waals surface area contributed by atoms with Crippen LogP contribution in [0.5, 0.6) is 0 Å². The molecule has 2 heteroatoms. The van der Waals surface area contributed by atoms with Crippen LogP contribution in [0, 0.1) is 0 Å². The standard InChI is InChI=1S/C20H20N2/c1-2-6-16(7-3-1)20-18(15-10-12-21-13-11-15)14-17-8-4-5-9-19(17)22-20/h1-9,14-15,21H,10-13H2. The van der Waals surface area contributed by atoms with E-state index in [9.17, 15) is 0 Å². The highest BCUT2D eigenvalue weighted by Gasteiger charge is 2.20. The van der Waals surface area contributed by atoms with Gasteiger partial charge in [-0.2, -0.15) is 0 Å². The largest absolute Gasteiger partial charge is 0.317 e. The average Bonchev–Trinajstić information content (AvgIpc) is 2.62. The van der Waals surface area contributed by atoms with Gasteiger partial charge >= 0.3 is 0 Å². The first-order chi connectivity index (χ1) is 10.9. The van der Waals surface area contributed by atoms with Crippen LogP contribution in [0.1, 0.15) is 24.3 Å². The molecule has 1 aromatic heterocycles. The molecule has 0 unspecified atom stereocenters. The Hall–Kier alpha value is -2.19. The maximum Gasteiger partial charge on any atom is 0.0744 e. The zero-order chi connectivity index (χ0) is 14.8. The van der Waals surface area contributed by atoms with E-state index in [4.69, 9.17) is 4.98 Å². The Morgan fingerprint density at radius 1 is 0.864 bits per heavy atom. The molecule has 0 bridgehead atoms. The molecule has 0 radical (unpaired) electrons. The first-order valence-corrected chi connectivity index (χ1v) is 8.07. The van der Waals surface area contributed by atoms with E-state index in [0.29, 0.717) is 5.92 Å². The molecule has 4 rings (SSSR count). The van der Waals surface area contributed by atoms with Gasteiger partial charge in [0, 0.05) is 10.9 Å². The van der Waals surface area contributed by atoms with Gasteiger partial charge in [-0.1, -0.05) is 48.5 Å². The second-order valence-corrected chi connectivity index (χ2v) is 6.01. The number of aromatic nitrogens is 1. The molecule has 0 atom stereocenters. The Bertz CT molecular complexity index is 774. The summed E-state index contributed by atoms with van der Waals surface area (Å²) in [7, 11) is 0. The van der Waals surface area contributed by atoms with Crippen LogP contribution in [0.15, 0.2) is 60.7 Å². The van der Waals surface area contributed by atoms with E-state index < -0.39 is 0 Å². The van der Waals surface area contributed by atoms with Gasteiger partial charge in [-0.15, -0.1) is 0 Å². The van der Waals surface area contributed by atoms with Gasteiger partial charge in [0.1, 0.15) is 0 Å². The molecule has 3 aromatic rings.